The molecule has 0 aromatic carbocycles. The molecule has 6 heteroatoms. The van der Waals surface area contributed by atoms with Crippen molar-refractivity contribution in [3.8, 4) is 0 Å². The Balaban J connectivity index is 2.02. The number of nitrogens with zero attached hydrogens (tertiary/aromatic N) is 4. The molecule has 112 valence electrons. The van der Waals surface area contributed by atoms with Gasteiger partial charge in [-0.3, -0.25) is 4.40 Å². The summed E-state index contributed by atoms with van der Waals surface area (Å²) in [4.78, 5) is 13.8. The van der Waals surface area contributed by atoms with Crippen LogP contribution in [-0.2, 0) is 0 Å². The molecule has 1 N–H and O–H groups in total. The Kier molecular flexibility index (Phi) is 3.63. The number of hydrogen-bond donors (Lipinski definition) is 1. The minimum Gasteiger partial charge on any atom is -0.477 e. The van der Waals surface area contributed by atoms with Gasteiger partial charge in [-0.25, -0.2) is 4.79 Å². The highest BCUT2D eigenvalue weighted by molar-refractivity contribution is 5.86. The molecule has 2 aromatic heterocycles. The number of carboxylic acid groups (broad SMARTS) is 1. The second kappa shape index (κ2) is 5.44. The number of rotatable bonds is 3. The number of aromatic carboxylic acids is 1. The molecule has 3 rings (SSSR count). The van der Waals surface area contributed by atoms with Gasteiger partial charge in [-0.2, -0.15) is 0 Å². The van der Waals surface area contributed by atoms with Crippen molar-refractivity contribution in [3.63, 3.8) is 0 Å². The van der Waals surface area contributed by atoms with E-state index in [1.165, 1.54) is 0 Å². The van der Waals surface area contributed by atoms with Crippen molar-refractivity contribution in [2.24, 2.45) is 0 Å². The minimum absolute atomic E-state index is 0.231. The number of aromatic nitrogens is 3. The van der Waals surface area contributed by atoms with Crippen LogP contribution in [-0.4, -0.2) is 49.7 Å². The molecule has 0 spiro atoms. The lowest BCUT2D eigenvalue weighted by molar-refractivity contribution is 0.0688. The molecular weight excluding hydrogens is 268 g/mol. The molecule has 1 fully saturated rings. The lowest BCUT2D eigenvalue weighted by Gasteiger charge is -2.34. The average Bonchev–Trinajstić information content (AvgIpc) is 2.91. The molecule has 1 aliphatic heterocycles. The maximum absolute atomic E-state index is 11.4. The fourth-order valence-corrected chi connectivity index (χ4v) is 3.08. The van der Waals surface area contributed by atoms with Gasteiger partial charge in [0.25, 0.3) is 0 Å². The Morgan fingerprint density at radius 3 is 2.90 bits per heavy atom. The van der Waals surface area contributed by atoms with E-state index in [0.29, 0.717) is 11.7 Å². The Morgan fingerprint density at radius 1 is 1.38 bits per heavy atom. The van der Waals surface area contributed by atoms with E-state index in [2.05, 4.69) is 28.9 Å². The van der Waals surface area contributed by atoms with Gasteiger partial charge in [-0.15, -0.1) is 10.2 Å². The van der Waals surface area contributed by atoms with Crippen LogP contribution in [0.15, 0.2) is 18.2 Å². The first-order chi connectivity index (χ1) is 10.1. The van der Waals surface area contributed by atoms with E-state index in [9.17, 15) is 9.90 Å². The van der Waals surface area contributed by atoms with E-state index >= 15 is 0 Å². The smallest absolute Gasteiger partial charge is 0.352 e. The van der Waals surface area contributed by atoms with Gasteiger partial charge < -0.3 is 10.0 Å². The molecular formula is C15H20N4O2. The SMILES string of the molecule is CC(C)N1CCCC(c2nnc3cccc(C(=O)O)n23)C1. The summed E-state index contributed by atoms with van der Waals surface area (Å²) in [7, 11) is 0. The van der Waals surface area contributed by atoms with Gasteiger partial charge in [0.2, 0.25) is 0 Å². The zero-order valence-electron chi connectivity index (χ0n) is 12.4. The molecule has 1 aliphatic rings. The molecule has 21 heavy (non-hydrogen) atoms. The Morgan fingerprint density at radius 2 is 2.19 bits per heavy atom. The van der Waals surface area contributed by atoms with E-state index in [-0.39, 0.29) is 11.6 Å². The summed E-state index contributed by atoms with van der Waals surface area (Å²) < 4.78 is 1.69. The van der Waals surface area contributed by atoms with Crippen molar-refractivity contribution in [1.29, 1.82) is 0 Å². The topological polar surface area (TPSA) is 70.7 Å². The highest BCUT2D eigenvalue weighted by Crippen LogP contribution is 2.27. The maximum atomic E-state index is 11.4. The lowest BCUT2D eigenvalue weighted by Crippen LogP contribution is -2.39. The van der Waals surface area contributed by atoms with E-state index in [4.69, 9.17) is 0 Å². The lowest BCUT2D eigenvalue weighted by atomic mass is 9.96. The van der Waals surface area contributed by atoms with Crippen LogP contribution in [0.2, 0.25) is 0 Å². The van der Waals surface area contributed by atoms with Gasteiger partial charge >= 0.3 is 5.97 Å². The first-order valence-electron chi connectivity index (χ1n) is 7.39. The third-order valence-electron chi connectivity index (χ3n) is 4.22. The Bertz CT molecular complexity index is 665. The standard InChI is InChI=1S/C15H20N4O2/c1-10(2)18-8-4-5-11(9-18)14-17-16-13-7-3-6-12(15(20)21)19(13)14/h3,6-7,10-11H,4-5,8-9H2,1-2H3,(H,20,21). The number of carboxylic acids is 1. The van der Waals surface area contributed by atoms with Crippen molar-refractivity contribution in [1.82, 2.24) is 19.5 Å². The van der Waals surface area contributed by atoms with Crippen LogP contribution in [0.5, 0.6) is 0 Å². The minimum atomic E-state index is -0.946. The molecule has 1 unspecified atom stereocenters. The molecule has 1 atom stereocenters. The van der Waals surface area contributed by atoms with Gasteiger partial charge in [0.1, 0.15) is 11.5 Å². The van der Waals surface area contributed by atoms with Crippen molar-refractivity contribution >= 4 is 11.6 Å². The number of likely N-dealkylation sites (tertiary alicyclic amines) is 1. The predicted molar refractivity (Wildman–Crippen MR) is 78.6 cm³/mol. The normalized spacial score (nSPS) is 20.2. The number of pyridine rings is 1. The first kappa shape index (κ1) is 14.0. The number of piperidine rings is 1. The van der Waals surface area contributed by atoms with E-state index in [0.717, 1.165) is 31.8 Å². The van der Waals surface area contributed by atoms with Crippen LogP contribution >= 0.6 is 0 Å². The summed E-state index contributed by atoms with van der Waals surface area (Å²) in [5, 5.41) is 17.8. The predicted octanol–water partition coefficient (Wildman–Crippen LogP) is 2.02. The molecule has 6 nitrogen and oxygen atoms in total. The van der Waals surface area contributed by atoms with Crippen LogP contribution in [0.25, 0.3) is 5.65 Å². The maximum Gasteiger partial charge on any atom is 0.352 e. The number of fused-ring (bicyclic) bond motifs is 1. The second-order valence-corrected chi connectivity index (χ2v) is 5.90. The third-order valence-corrected chi connectivity index (χ3v) is 4.22. The second-order valence-electron chi connectivity index (χ2n) is 5.90. The van der Waals surface area contributed by atoms with Gasteiger partial charge in [0.15, 0.2) is 5.65 Å². The van der Waals surface area contributed by atoms with Gasteiger partial charge in [0, 0.05) is 18.5 Å². The van der Waals surface area contributed by atoms with Gasteiger partial charge in [-0.05, 0) is 45.4 Å². The number of carbonyl (C=O) groups is 1. The Hall–Kier alpha value is -1.95. The zero-order chi connectivity index (χ0) is 15.0. The summed E-state index contributed by atoms with van der Waals surface area (Å²) in [5.41, 5.74) is 0.834. The van der Waals surface area contributed by atoms with Crippen molar-refractivity contribution in [2.45, 2.75) is 38.6 Å². The monoisotopic (exact) mass is 288 g/mol. The largest absolute Gasteiger partial charge is 0.477 e. The van der Waals surface area contributed by atoms with Crippen LogP contribution in [0.4, 0.5) is 0 Å². The summed E-state index contributed by atoms with van der Waals surface area (Å²) in [6.07, 6.45) is 2.13. The quantitative estimate of drug-likeness (QED) is 0.935. The molecule has 0 bridgehead atoms. The zero-order valence-corrected chi connectivity index (χ0v) is 12.4. The highest BCUT2D eigenvalue weighted by atomic mass is 16.4. The molecule has 3 heterocycles. The fraction of sp³-hybridized carbons (Fsp3) is 0.533. The highest BCUT2D eigenvalue weighted by Gasteiger charge is 2.27. The van der Waals surface area contributed by atoms with E-state index in [1.807, 2.05) is 0 Å². The van der Waals surface area contributed by atoms with Crippen LogP contribution in [0.3, 0.4) is 0 Å². The van der Waals surface area contributed by atoms with Crippen molar-refractivity contribution in [3.05, 3.63) is 29.7 Å². The molecule has 0 amide bonds. The van der Waals surface area contributed by atoms with Crippen LogP contribution in [0.1, 0.15) is 48.9 Å². The number of hydrogen-bond acceptors (Lipinski definition) is 4. The molecule has 0 saturated carbocycles. The molecule has 0 radical (unpaired) electrons. The van der Waals surface area contributed by atoms with Gasteiger partial charge in [0.05, 0.1) is 0 Å². The van der Waals surface area contributed by atoms with Crippen LogP contribution in [0, 0.1) is 0 Å². The average molecular weight is 288 g/mol. The van der Waals surface area contributed by atoms with Gasteiger partial charge in [-0.1, -0.05) is 6.07 Å². The first-order valence-corrected chi connectivity index (χ1v) is 7.39. The Labute approximate surface area is 123 Å². The summed E-state index contributed by atoms with van der Waals surface area (Å²) in [6.45, 7) is 6.38. The fourth-order valence-electron chi connectivity index (χ4n) is 3.08. The van der Waals surface area contributed by atoms with E-state index < -0.39 is 5.97 Å². The molecule has 0 aliphatic carbocycles. The summed E-state index contributed by atoms with van der Waals surface area (Å²) in [5.74, 6) is 0.0585. The summed E-state index contributed by atoms with van der Waals surface area (Å²) >= 11 is 0. The third kappa shape index (κ3) is 2.51. The van der Waals surface area contributed by atoms with Crippen molar-refractivity contribution in [2.75, 3.05) is 13.1 Å². The van der Waals surface area contributed by atoms with E-state index in [1.54, 1.807) is 22.6 Å². The summed E-state index contributed by atoms with van der Waals surface area (Å²) in [6, 6.07) is 5.60. The molecule has 1 saturated heterocycles. The van der Waals surface area contributed by atoms with Crippen molar-refractivity contribution < 1.29 is 9.90 Å². The molecule has 2 aromatic rings. The van der Waals surface area contributed by atoms with Crippen LogP contribution < -0.4 is 0 Å².